The first-order valence-corrected chi connectivity index (χ1v) is 11.3. The summed E-state index contributed by atoms with van der Waals surface area (Å²) in [6.45, 7) is 8.36. The molecule has 0 saturated heterocycles. The van der Waals surface area contributed by atoms with Gasteiger partial charge in [-0.3, -0.25) is 9.59 Å². The first-order valence-electron chi connectivity index (χ1n) is 9.54. The van der Waals surface area contributed by atoms with Gasteiger partial charge in [-0.2, -0.15) is 0 Å². The summed E-state index contributed by atoms with van der Waals surface area (Å²) in [7, 11) is 0. The normalized spacial score (nSPS) is 11.9. The van der Waals surface area contributed by atoms with Gasteiger partial charge in [0, 0.05) is 17.0 Å². The Labute approximate surface area is 183 Å². The highest BCUT2D eigenvalue weighted by Gasteiger charge is 2.20. The molecule has 0 spiro atoms. The number of hydrogen-bond donors (Lipinski definition) is 2. The van der Waals surface area contributed by atoms with Gasteiger partial charge in [-0.25, -0.2) is 4.98 Å². The van der Waals surface area contributed by atoms with Crippen molar-refractivity contribution in [1.82, 2.24) is 25.1 Å². The van der Waals surface area contributed by atoms with Crippen LogP contribution in [0.2, 0.25) is 0 Å². The number of carbonyl (C=O) groups excluding carboxylic acids is 2. The molecule has 2 N–H and O–H groups in total. The fourth-order valence-electron chi connectivity index (χ4n) is 2.77. The highest BCUT2D eigenvalue weighted by molar-refractivity contribution is 7.99. The van der Waals surface area contributed by atoms with E-state index >= 15 is 0 Å². The second kappa shape index (κ2) is 9.86. The zero-order valence-corrected chi connectivity index (χ0v) is 18.9. The number of anilines is 1. The van der Waals surface area contributed by atoms with Crippen molar-refractivity contribution in [2.45, 2.75) is 45.4 Å². The summed E-state index contributed by atoms with van der Waals surface area (Å²) in [5, 5.41) is 15.5. The molecular weight excluding hydrogens is 420 g/mol. The molecule has 1 aromatic carbocycles. The fourth-order valence-corrected chi connectivity index (χ4v) is 4.41. The van der Waals surface area contributed by atoms with Crippen LogP contribution in [0.15, 0.2) is 35.5 Å². The summed E-state index contributed by atoms with van der Waals surface area (Å²) >= 11 is 2.76. The lowest BCUT2D eigenvalue weighted by atomic mass is 10.2. The Balaban J connectivity index is 1.61. The number of benzene rings is 1. The first-order chi connectivity index (χ1) is 14.4. The van der Waals surface area contributed by atoms with Gasteiger partial charge in [0.05, 0.1) is 17.5 Å². The zero-order chi connectivity index (χ0) is 21.7. The van der Waals surface area contributed by atoms with E-state index in [4.69, 9.17) is 0 Å². The van der Waals surface area contributed by atoms with Gasteiger partial charge in [-0.15, -0.1) is 21.5 Å². The molecule has 0 aliphatic carbocycles. The van der Waals surface area contributed by atoms with Crippen molar-refractivity contribution in [3.8, 4) is 0 Å². The predicted molar refractivity (Wildman–Crippen MR) is 119 cm³/mol. The number of carbonyl (C=O) groups is 2. The maximum atomic E-state index is 12.4. The zero-order valence-electron chi connectivity index (χ0n) is 17.3. The molecule has 0 aliphatic heterocycles. The van der Waals surface area contributed by atoms with Crippen LogP contribution in [0.3, 0.4) is 0 Å². The molecule has 2 heterocycles. The standard InChI is InChI=1S/C20H24N6O2S2/c1-5-26-17(13(3)21-18(28)15-9-7-6-8-10-15)24-25-20(26)29-11-16(27)23-19-22-12(2)14(4)30-19/h6-10,13H,5,11H2,1-4H3,(H,21,28)(H,22,23,27)/t13-/m1/s1. The molecule has 1 atom stereocenters. The Morgan fingerprint density at radius 3 is 2.57 bits per heavy atom. The quantitative estimate of drug-likeness (QED) is 0.515. The molecule has 0 saturated carbocycles. The topological polar surface area (TPSA) is 102 Å². The van der Waals surface area contributed by atoms with Crippen LogP contribution in [0.1, 0.15) is 46.6 Å². The molecule has 3 rings (SSSR count). The summed E-state index contributed by atoms with van der Waals surface area (Å²) in [6, 6.07) is 8.71. The fraction of sp³-hybridized carbons (Fsp3) is 0.350. The van der Waals surface area contributed by atoms with Crippen molar-refractivity contribution in [3.63, 3.8) is 0 Å². The Morgan fingerprint density at radius 2 is 1.93 bits per heavy atom. The van der Waals surface area contributed by atoms with Gasteiger partial charge in [0.15, 0.2) is 16.1 Å². The Hall–Kier alpha value is -2.72. The molecule has 2 aromatic heterocycles. The van der Waals surface area contributed by atoms with E-state index in [0.717, 1.165) is 10.6 Å². The van der Waals surface area contributed by atoms with Crippen LogP contribution in [0.25, 0.3) is 0 Å². The number of rotatable bonds is 8. The summed E-state index contributed by atoms with van der Waals surface area (Å²) < 4.78 is 1.91. The van der Waals surface area contributed by atoms with Gasteiger partial charge in [-0.1, -0.05) is 30.0 Å². The molecule has 8 nitrogen and oxygen atoms in total. The first kappa shape index (κ1) is 22.0. The monoisotopic (exact) mass is 444 g/mol. The maximum Gasteiger partial charge on any atom is 0.251 e. The lowest BCUT2D eigenvalue weighted by Crippen LogP contribution is -2.28. The van der Waals surface area contributed by atoms with Gasteiger partial charge >= 0.3 is 0 Å². The van der Waals surface area contributed by atoms with E-state index in [1.165, 1.54) is 23.1 Å². The van der Waals surface area contributed by atoms with Crippen molar-refractivity contribution in [2.75, 3.05) is 11.1 Å². The number of thioether (sulfide) groups is 1. The van der Waals surface area contributed by atoms with Crippen molar-refractivity contribution < 1.29 is 9.59 Å². The summed E-state index contributed by atoms with van der Waals surface area (Å²) in [6.07, 6.45) is 0. The minimum atomic E-state index is -0.324. The Bertz CT molecular complexity index is 1010. The Morgan fingerprint density at radius 1 is 1.20 bits per heavy atom. The number of hydrogen-bond acceptors (Lipinski definition) is 7. The highest BCUT2D eigenvalue weighted by atomic mass is 32.2. The molecular formula is C20H24N6O2S2. The van der Waals surface area contributed by atoms with E-state index in [2.05, 4.69) is 25.8 Å². The van der Waals surface area contributed by atoms with E-state index in [1.54, 1.807) is 12.1 Å². The third kappa shape index (κ3) is 5.25. The summed E-state index contributed by atoms with van der Waals surface area (Å²) in [5.74, 6) is 0.527. The van der Waals surface area contributed by atoms with Gasteiger partial charge < -0.3 is 15.2 Å². The van der Waals surface area contributed by atoms with Crippen LogP contribution in [-0.2, 0) is 11.3 Å². The number of thiazole rings is 1. The number of nitrogens with zero attached hydrogens (tertiary/aromatic N) is 4. The van der Waals surface area contributed by atoms with E-state index < -0.39 is 0 Å². The van der Waals surface area contributed by atoms with Crippen molar-refractivity contribution >= 4 is 40.0 Å². The minimum Gasteiger partial charge on any atom is -0.342 e. The third-order valence-corrected chi connectivity index (χ3v) is 6.39. The smallest absolute Gasteiger partial charge is 0.251 e. The molecule has 0 unspecified atom stereocenters. The average Bonchev–Trinajstić information content (AvgIpc) is 3.29. The van der Waals surface area contributed by atoms with E-state index in [1.807, 2.05) is 50.5 Å². The molecule has 30 heavy (non-hydrogen) atoms. The van der Waals surface area contributed by atoms with Gasteiger partial charge in [0.2, 0.25) is 5.91 Å². The van der Waals surface area contributed by atoms with Gasteiger partial charge in [0.25, 0.3) is 5.91 Å². The number of aromatic nitrogens is 4. The van der Waals surface area contributed by atoms with Crippen LogP contribution >= 0.6 is 23.1 Å². The van der Waals surface area contributed by atoms with Crippen LogP contribution in [-0.4, -0.2) is 37.3 Å². The predicted octanol–water partition coefficient (Wildman–Crippen LogP) is 3.59. The maximum absolute atomic E-state index is 12.4. The summed E-state index contributed by atoms with van der Waals surface area (Å²) in [5.41, 5.74) is 1.51. The lowest BCUT2D eigenvalue weighted by Gasteiger charge is -2.15. The molecule has 10 heteroatoms. The number of aryl methyl sites for hydroxylation is 2. The van der Waals surface area contributed by atoms with E-state index in [-0.39, 0.29) is 23.6 Å². The Kier molecular flexibility index (Phi) is 7.22. The van der Waals surface area contributed by atoms with Crippen molar-refractivity contribution in [2.24, 2.45) is 0 Å². The number of nitrogens with one attached hydrogen (secondary N) is 2. The third-order valence-electron chi connectivity index (χ3n) is 4.44. The molecule has 0 fully saturated rings. The molecule has 0 aliphatic rings. The lowest BCUT2D eigenvalue weighted by molar-refractivity contribution is -0.113. The molecule has 158 valence electrons. The second-order valence-electron chi connectivity index (χ2n) is 6.64. The van der Waals surface area contributed by atoms with Crippen molar-refractivity contribution in [1.29, 1.82) is 0 Å². The molecule has 0 bridgehead atoms. The van der Waals surface area contributed by atoms with E-state index in [9.17, 15) is 9.59 Å². The average molecular weight is 445 g/mol. The van der Waals surface area contributed by atoms with Crippen LogP contribution in [0.5, 0.6) is 0 Å². The SMILES string of the molecule is CCn1c(SCC(=O)Nc2nc(C)c(C)s2)nnc1[C@@H](C)NC(=O)c1ccccc1. The van der Waals surface area contributed by atoms with Gasteiger partial charge in [-0.05, 0) is 39.8 Å². The van der Waals surface area contributed by atoms with E-state index in [0.29, 0.717) is 28.2 Å². The van der Waals surface area contributed by atoms with Crippen LogP contribution in [0.4, 0.5) is 5.13 Å². The number of amides is 2. The van der Waals surface area contributed by atoms with Crippen molar-refractivity contribution in [3.05, 3.63) is 52.3 Å². The molecule has 2 amide bonds. The highest BCUT2D eigenvalue weighted by Crippen LogP contribution is 2.23. The van der Waals surface area contributed by atoms with Crippen LogP contribution < -0.4 is 10.6 Å². The second-order valence-corrected chi connectivity index (χ2v) is 8.79. The van der Waals surface area contributed by atoms with Crippen LogP contribution in [0, 0.1) is 13.8 Å². The molecule has 3 aromatic rings. The van der Waals surface area contributed by atoms with Gasteiger partial charge in [0.1, 0.15) is 0 Å². The molecule has 0 radical (unpaired) electrons. The summed E-state index contributed by atoms with van der Waals surface area (Å²) in [4.78, 5) is 30.1. The largest absolute Gasteiger partial charge is 0.342 e. The minimum absolute atomic E-state index is 0.147.